The summed E-state index contributed by atoms with van der Waals surface area (Å²) in [5, 5.41) is 2.51. The molecule has 1 amide bonds. The van der Waals surface area contributed by atoms with Crippen LogP contribution in [0.2, 0.25) is 0 Å². The SMILES string of the molecule is O=C(Cn1cccc(C(F)(F)F)c1=O)NCCc1ccc(F)cc1. The molecule has 0 spiro atoms. The summed E-state index contributed by atoms with van der Waals surface area (Å²) in [6.45, 7) is -0.287. The largest absolute Gasteiger partial charge is 0.421 e. The van der Waals surface area contributed by atoms with Gasteiger partial charge in [-0.3, -0.25) is 9.59 Å². The van der Waals surface area contributed by atoms with E-state index in [0.717, 1.165) is 17.8 Å². The summed E-state index contributed by atoms with van der Waals surface area (Å²) in [5.41, 5.74) is -1.78. The molecule has 24 heavy (non-hydrogen) atoms. The summed E-state index contributed by atoms with van der Waals surface area (Å²) in [6.07, 6.45) is -3.21. The number of nitrogens with one attached hydrogen (secondary N) is 1. The maximum atomic E-state index is 12.8. The predicted molar refractivity (Wildman–Crippen MR) is 78.8 cm³/mol. The van der Waals surface area contributed by atoms with E-state index >= 15 is 0 Å². The van der Waals surface area contributed by atoms with Crippen LogP contribution in [0.3, 0.4) is 0 Å². The van der Waals surface area contributed by atoms with Gasteiger partial charge in [0.2, 0.25) is 5.91 Å². The Hall–Kier alpha value is -2.64. The van der Waals surface area contributed by atoms with Gasteiger partial charge in [-0.25, -0.2) is 4.39 Å². The number of carbonyl (C=O) groups excluding carboxylic acids is 1. The van der Waals surface area contributed by atoms with E-state index in [1.54, 1.807) is 12.1 Å². The van der Waals surface area contributed by atoms with Crippen molar-refractivity contribution in [1.29, 1.82) is 0 Å². The second kappa shape index (κ2) is 7.29. The molecule has 0 radical (unpaired) electrons. The maximum Gasteiger partial charge on any atom is 0.421 e. The molecule has 1 aromatic heterocycles. The van der Waals surface area contributed by atoms with E-state index < -0.39 is 29.8 Å². The molecule has 0 unspecified atom stereocenters. The minimum absolute atomic E-state index is 0.220. The van der Waals surface area contributed by atoms with Gasteiger partial charge in [0.15, 0.2) is 0 Å². The van der Waals surface area contributed by atoms with E-state index in [4.69, 9.17) is 0 Å². The molecule has 8 heteroatoms. The van der Waals surface area contributed by atoms with Crippen LogP contribution in [-0.2, 0) is 23.9 Å². The number of rotatable bonds is 5. The Bertz CT molecular complexity index is 767. The highest BCUT2D eigenvalue weighted by atomic mass is 19.4. The van der Waals surface area contributed by atoms with Gasteiger partial charge >= 0.3 is 6.18 Å². The van der Waals surface area contributed by atoms with Gasteiger partial charge in [0.25, 0.3) is 5.56 Å². The summed E-state index contributed by atoms with van der Waals surface area (Å²) < 4.78 is 51.4. The standard InChI is InChI=1S/C16H14F4N2O2/c17-12-5-3-11(4-6-12)7-8-21-14(23)10-22-9-1-2-13(15(22)24)16(18,19)20/h1-6,9H,7-8,10H2,(H,21,23). The molecule has 1 heterocycles. The molecule has 0 fully saturated rings. The zero-order chi connectivity index (χ0) is 17.7. The van der Waals surface area contributed by atoms with Gasteiger partial charge in [0.05, 0.1) is 0 Å². The van der Waals surface area contributed by atoms with E-state index in [1.807, 2.05) is 0 Å². The van der Waals surface area contributed by atoms with Crippen LogP contribution in [0.4, 0.5) is 17.6 Å². The van der Waals surface area contributed by atoms with Crippen molar-refractivity contribution in [2.75, 3.05) is 6.54 Å². The first-order valence-corrected chi connectivity index (χ1v) is 7.05. The molecule has 1 aromatic carbocycles. The number of nitrogens with zero attached hydrogens (tertiary/aromatic N) is 1. The van der Waals surface area contributed by atoms with Crippen molar-refractivity contribution in [3.63, 3.8) is 0 Å². The fraction of sp³-hybridized carbons (Fsp3) is 0.250. The van der Waals surface area contributed by atoms with Gasteiger partial charge in [-0.1, -0.05) is 12.1 Å². The normalized spacial score (nSPS) is 11.3. The Kier molecular flexibility index (Phi) is 5.38. The minimum atomic E-state index is -4.76. The van der Waals surface area contributed by atoms with Gasteiger partial charge in [-0.2, -0.15) is 13.2 Å². The number of halogens is 4. The fourth-order valence-electron chi connectivity index (χ4n) is 2.09. The lowest BCUT2D eigenvalue weighted by atomic mass is 10.1. The quantitative estimate of drug-likeness (QED) is 0.848. The number of hydrogen-bond acceptors (Lipinski definition) is 2. The number of carbonyl (C=O) groups is 1. The van der Waals surface area contributed by atoms with E-state index in [-0.39, 0.29) is 12.4 Å². The summed E-state index contributed by atoms with van der Waals surface area (Å²) in [5.74, 6) is -0.953. The van der Waals surface area contributed by atoms with Crippen LogP contribution < -0.4 is 10.9 Å². The van der Waals surface area contributed by atoms with Crippen molar-refractivity contribution >= 4 is 5.91 Å². The number of pyridine rings is 1. The molecule has 0 aliphatic heterocycles. The second-order valence-corrected chi connectivity index (χ2v) is 5.08. The van der Waals surface area contributed by atoms with Crippen molar-refractivity contribution in [3.05, 3.63) is 69.9 Å². The molecular formula is C16H14F4N2O2. The monoisotopic (exact) mass is 342 g/mol. The molecule has 4 nitrogen and oxygen atoms in total. The number of benzene rings is 1. The van der Waals surface area contributed by atoms with E-state index in [9.17, 15) is 27.2 Å². The first-order valence-electron chi connectivity index (χ1n) is 7.05. The van der Waals surface area contributed by atoms with Gasteiger partial charge < -0.3 is 9.88 Å². The molecule has 0 saturated heterocycles. The molecule has 0 bridgehead atoms. The second-order valence-electron chi connectivity index (χ2n) is 5.08. The smallest absolute Gasteiger partial charge is 0.354 e. The van der Waals surface area contributed by atoms with Gasteiger partial charge in [-0.15, -0.1) is 0 Å². The Morgan fingerprint density at radius 2 is 1.79 bits per heavy atom. The Morgan fingerprint density at radius 3 is 2.42 bits per heavy atom. The maximum absolute atomic E-state index is 12.8. The average molecular weight is 342 g/mol. The third kappa shape index (κ3) is 4.68. The van der Waals surface area contributed by atoms with Gasteiger partial charge in [-0.05, 0) is 36.2 Å². The van der Waals surface area contributed by atoms with Gasteiger partial charge in [0, 0.05) is 12.7 Å². The molecule has 128 valence electrons. The lowest BCUT2D eigenvalue weighted by Crippen LogP contribution is -2.35. The number of hydrogen-bond donors (Lipinski definition) is 1. The fourth-order valence-corrected chi connectivity index (χ4v) is 2.09. The minimum Gasteiger partial charge on any atom is -0.354 e. The number of aromatic nitrogens is 1. The van der Waals surface area contributed by atoms with Crippen molar-refractivity contribution < 1.29 is 22.4 Å². The molecule has 0 atom stereocenters. The van der Waals surface area contributed by atoms with Crippen molar-refractivity contribution in [3.8, 4) is 0 Å². The first-order chi connectivity index (χ1) is 11.3. The molecule has 2 rings (SSSR count). The van der Waals surface area contributed by atoms with Crippen LogP contribution in [0.25, 0.3) is 0 Å². The highest BCUT2D eigenvalue weighted by Crippen LogP contribution is 2.25. The van der Waals surface area contributed by atoms with Crippen molar-refractivity contribution in [2.24, 2.45) is 0 Å². The van der Waals surface area contributed by atoms with Crippen molar-refractivity contribution in [2.45, 2.75) is 19.1 Å². The van der Waals surface area contributed by atoms with Crippen LogP contribution >= 0.6 is 0 Å². The Morgan fingerprint density at radius 1 is 1.12 bits per heavy atom. The molecule has 0 saturated carbocycles. The topological polar surface area (TPSA) is 51.1 Å². The predicted octanol–water partition coefficient (Wildman–Crippen LogP) is 2.37. The highest BCUT2D eigenvalue weighted by molar-refractivity contribution is 5.75. The zero-order valence-corrected chi connectivity index (χ0v) is 12.4. The molecule has 2 aromatic rings. The van der Waals surface area contributed by atoms with Crippen molar-refractivity contribution in [1.82, 2.24) is 9.88 Å². The summed E-state index contributed by atoms with van der Waals surface area (Å²) >= 11 is 0. The van der Waals surface area contributed by atoms with Gasteiger partial charge in [0.1, 0.15) is 17.9 Å². The Labute approximate surface area is 134 Å². The number of alkyl halides is 3. The van der Waals surface area contributed by atoms with Crippen LogP contribution in [0, 0.1) is 5.82 Å². The summed E-state index contributed by atoms with van der Waals surface area (Å²) in [6, 6.07) is 7.46. The zero-order valence-electron chi connectivity index (χ0n) is 12.4. The van der Waals surface area contributed by atoms with Crippen LogP contribution in [0.15, 0.2) is 47.4 Å². The lowest BCUT2D eigenvalue weighted by Gasteiger charge is -2.10. The Balaban J connectivity index is 1.93. The third-order valence-corrected chi connectivity index (χ3v) is 3.29. The first kappa shape index (κ1) is 17.7. The third-order valence-electron chi connectivity index (χ3n) is 3.29. The van der Waals surface area contributed by atoms with Crippen LogP contribution in [0.1, 0.15) is 11.1 Å². The number of amides is 1. The van der Waals surface area contributed by atoms with E-state index in [2.05, 4.69) is 5.32 Å². The molecular weight excluding hydrogens is 328 g/mol. The van der Waals surface area contributed by atoms with E-state index in [0.29, 0.717) is 17.1 Å². The van der Waals surface area contributed by atoms with Crippen LogP contribution in [0.5, 0.6) is 0 Å². The molecule has 1 N–H and O–H groups in total. The van der Waals surface area contributed by atoms with E-state index in [1.165, 1.54) is 12.1 Å². The molecule has 0 aliphatic rings. The summed E-state index contributed by atoms with van der Waals surface area (Å²) in [7, 11) is 0. The molecule has 0 aliphatic carbocycles. The van der Waals surface area contributed by atoms with Crippen LogP contribution in [-0.4, -0.2) is 17.0 Å². The lowest BCUT2D eigenvalue weighted by molar-refractivity contribution is -0.139. The summed E-state index contributed by atoms with van der Waals surface area (Å²) in [4.78, 5) is 23.5. The highest BCUT2D eigenvalue weighted by Gasteiger charge is 2.34. The average Bonchev–Trinajstić information content (AvgIpc) is 2.50.